The zero-order valence-electron chi connectivity index (χ0n) is 17.2. The summed E-state index contributed by atoms with van der Waals surface area (Å²) >= 11 is 1.66. The summed E-state index contributed by atoms with van der Waals surface area (Å²) in [5, 5.41) is 13.1. The Morgan fingerprint density at radius 2 is 1.97 bits per heavy atom. The van der Waals surface area contributed by atoms with Crippen molar-refractivity contribution in [3.05, 3.63) is 67.0 Å². The Morgan fingerprint density at radius 3 is 2.67 bits per heavy atom. The van der Waals surface area contributed by atoms with Gasteiger partial charge in [-0.2, -0.15) is 0 Å². The van der Waals surface area contributed by atoms with Crippen LogP contribution < -0.4 is 10.2 Å². The molecule has 2 aromatic heterocycles. The van der Waals surface area contributed by atoms with Crippen LogP contribution in [-0.4, -0.2) is 52.2 Å². The first-order valence-electron chi connectivity index (χ1n) is 9.89. The molecule has 3 aromatic rings. The van der Waals surface area contributed by atoms with Crippen molar-refractivity contribution in [1.29, 1.82) is 0 Å². The van der Waals surface area contributed by atoms with E-state index in [-0.39, 0.29) is 12.3 Å². The third-order valence-electron chi connectivity index (χ3n) is 4.94. The maximum Gasteiger partial charge on any atom is 0.191 e. The van der Waals surface area contributed by atoms with Gasteiger partial charge in [0.1, 0.15) is 6.23 Å². The Kier molecular flexibility index (Phi) is 6.47. The summed E-state index contributed by atoms with van der Waals surface area (Å²) < 4.78 is 8.31. The lowest BCUT2D eigenvalue weighted by Crippen LogP contribution is -2.17. The smallest absolute Gasteiger partial charge is 0.191 e. The van der Waals surface area contributed by atoms with Crippen LogP contribution >= 0.6 is 11.8 Å². The minimum atomic E-state index is -0.0785. The Bertz CT molecular complexity index is 973. The minimum Gasteiger partial charge on any atom is -0.378 e. The monoisotopic (exact) mass is 422 g/mol. The molecule has 1 aliphatic heterocycles. The topological polar surface area (TPSA) is 68.1 Å². The summed E-state index contributed by atoms with van der Waals surface area (Å²) in [4.78, 5) is 6.17. The van der Waals surface area contributed by atoms with E-state index in [0.29, 0.717) is 6.54 Å². The van der Waals surface area contributed by atoms with Gasteiger partial charge >= 0.3 is 0 Å². The molecule has 156 valence electrons. The third kappa shape index (κ3) is 4.56. The molecular weight excluding hydrogens is 396 g/mol. The summed E-state index contributed by atoms with van der Waals surface area (Å²) in [6, 6.07) is 12.3. The Balaban J connectivity index is 1.39. The van der Waals surface area contributed by atoms with Crippen LogP contribution in [0.1, 0.15) is 11.8 Å². The lowest BCUT2D eigenvalue weighted by molar-refractivity contribution is 0.0534. The number of allylic oxidation sites excluding steroid dienone is 1. The summed E-state index contributed by atoms with van der Waals surface area (Å²) in [6.07, 6.45) is 5.41. The maximum absolute atomic E-state index is 6.23. The van der Waals surface area contributed by atoms with Crippen molar-refractivity contribution in [3.8, 4) is 11.4 Å². The van der Waals surface area contributed by atoms with Gasteiger partial charge in [-0.05, 0) is 29.8 Å². The first-order valence-corrected chi connectivity index (χ1v) is 10.9. The highest BCUT2D eigenvalue weighted by Gasteiger charge is 2.26. The zero-order valence-corrected chi connectivity index (χ0v) is 18.0. The number of pyridine rings is 1. The standard InChI is InChI=1S/C22H26N6OS/c1-4-13-28-20(16-9-11-23-12-10-16)25-26-22(28)30-15-19-14-24-21(29-19)17-5-7-18(8-6-17)27(2)3/h4-12,19,21,24H,1,13-15H2,2-3H3/t19-,21-/m0/s1. The van der Waals surface area contributed by atoms with Crippen molar-refractivity contribution in [2.24, 2.45) is 0 Å². The van der Waals surface area contributed by atoms with E-state index < -0.39 is 0 Å². The second-order valence-electron chi connectivity index (χ2n) is 7.28. The second-order valence-corrected chi connectivity index (χ2v) is 8.27. The van der Waals surface area contributed by atoms with Crippen LogP contribution in [0.4, 0.5) is 5.69 Å². The molecule has 0 bridgehead atoms. The molecule has 8 heteroatoms. The Morgan fingerprint density at radius 1 is 1.20 bits per heavy atom. The average molecular weight is 423 g/mol. The van der Waals surface area contributed by atoms with Crippen LogP contribution in [0.5, 0.6) is 0 Å². The fourth-order valence-electron chi connectivity index (χ4n) is 3.34. The van der Waals surface area contributed by atoms with Gasteiger partial charge in [-0.15, -0.1) is 16.8 Å². The van der Waals surface area contributed by atoms with Gasteiger partial charge in [0.25, 0.3) is 0 Å². The van der Waals surface area contributed by atoms with Gasteiger partial charge in [-0.25, -0.2) is 0 Å². The van der Waals surface area contributed by atoms with Gasteiger partial charge in [0.15, 0.2) is 11.0 Å². The number of rotatable bonds is 8. The second kappa shape index (κ2) is 9.42. The normalized spacial score (nSPS) is 18.5. The molecule has 4 rings (SSSR count). The molecule has 1 aliphatic rings. The minimum absolute atomic E-state index is 0.0785. The largest absolute Gasteiger partial charge is 0.378 e. The number of thioether (sulfide) groups is 1. The van der Waals surface area contributed by atoms with Crippen molar-refractivity contribution in [1.82, 2.24) is 25.1 Å². The molecule has 1 N–H and O–H groups in total. The molecular formula is C22H26N6OS. The predicted octanol–water partition coefficient (Wildman–Crippen LogP) is 3.37. The Labute approximate surface area is 181 Å². The molecule has 30 heavy (non-hydrogen) atoms. The van der Waals surface area contributed by atoms with E-state index in [2.05, 4.69) is 60.8 Å². The fraction of sp³-hybridized carbons (Fsp3) is 0.318. The lowest BCUT2D eigenvalue weighted by Gasteiger charge is -2.16. The van der Waals surface area contributed by atoms with E-state index >= 15 is 0 Å². The van der Waals surface area contributed by atoms with Crippen LogP contribution in [0.25, 0.3) is 11.4 Å². The van der Waals surface area contributed by atoms with Gasteiger partial charge in [0.2, 0.25) is 0 Å². The molecule has 7 nitrogen and oxygen atoms in total. The number of nitrogens with zero attached hydrogens (tertiary/aromatic N) is 5. The summed E-state index contributed by atoms with van der Waals surface area (Å²) in [5.41, 5.74) is 3.31. The number of anilines is 1. The van der Waals surface area contributed by atoms with E-state index in [1.54, 1.807) is 24.2 Å². The molecule has 2 atom stereocenters. The van der Waals surface area contributed by atoms with Crippen LogP contribution in [0.3, 0.4) is 0 Å². The molecule has 0 amide bonds. The van der Waals surface area contributed by atoms with Crippen molar-refractivity contribution in [3.63, 3.8) is 0 Å². The van der Waals surface area contributed by atoms with Crippen LogP contribution in [-0.2, 0) is 11.3 Å². The number of hydrogen-bond acceptors (Lipinski definition) is 7. The molecule has 1 aromatic carbocycles. The highest BCUT2D eigenvalue weighted by molar-refractivity contribution is 7.99. The summed E-state index contributed by atoms with van der Waals surface area (Å²) in [6.45, 7) is 5.33. The molecule has 3 heterocycles. The van der Waals surface area contributed by atoms with Crippen LogP contribution in [0, 0.1) is 0 Å². The van der Waals surface area contributed by atoms with Crippen LogP contribution in [0.15, 0.2) is 66.6 Å². The lowest BCUT2D eigenvalue weighted by atomic mass is 10.2. The van der Waals surface area contributed by atoms with Gasteiger partial charge in [0, 0.05) is 56.6 Å². The third-order valence-corrected chi connectivity index (χ3v) is 6.04. The molecule has 1 fully saturated rings. The molecule has 0 unspecified atom stereocenters. The summed E-state index contributed by atoms with van der Waals surface area (Å²) in [7, 11) is 4.08. The van der Waals surface area contributed by atoms with Gasteiger partial charge in [-0.3, -0.25) is 14.9 Å². The van der Waals surface area contributed by atoms with Crippen molar-refractivity contribution in [2.45, 2.75) is 24.0 Å². The fourth-order valence-corrected chi connectivity index (χ4v) is 4.29. The zero-order chi connectivity index (χ0) is 20.9. The number of aromatic nitrogens is 4. The van der Waals surface area contributed by atoms with E-state index in [1.165, 1.54) is 5.69 Å². The SMILES string of the molecule is C=CCn1c(SC[C@@H]2CN[C@H](c3ccc(N(C)C)cc3)O2)nnc1-c1ccncc1. The number of benzene rings is 1. The van der Waals surface area contributed by atoms with Gasteiger partial charge in [-0.1, -0.05) is 30.0 Å². The van der Waals surface area contributed by atoms with Crippen molar-refractivity contribution in [2.75, 3.05) is 31.3 Å². The molecule has 0 saturated carbocycles. The quantitative estimate of drug-likeness (QED) is 0.441. The number of nitrogens with one attached hydrogen (secondary N) is 1. The predicted molar refractivity (Wildman–Crippen MR) is 121 cm³/mol. The highest BCUT2D eigenvalue weighted by Crippen LogP contribution is 2.28. The van der Waals surface area contributed by atoms with Crippen molar-refractivity contribution < 1.29 is 4.74 Å². The van der Waals surface area contributed by atoms with Gasteiger partial charge < -0.3 is 9.64 Å². The van der Waals surface area contributed by atoms with Crippen molar-refractivity contribution >= 4 is 17.4 Å². The maximum atomic E-state index is 6.23. The van der Waals surface area contributed by atoms with Crippen LogP contribution in [0.2, 0.25) is 0 Å². The Hall–Kier alpha value is -2.68. The molecule has 1 saturated heterocycles. The number of hydrogen-bond donors (Lipinski definition) is 1. The van der Waals surface area contributed by atoms with E-state index in [0.717, 1.165) is 34.4 Å². The first kappa shape index (κ1) is 20.6. The average Bonchev–Trinajstić information content (AvgIpc) is 3.40. The van der Waals surface area contributed by atoms with E-state index in [4.69, 9.17) is 4.74 Å². The molecule has 0 radical (unpaired) electrons. The van der Waals surface area contributed by atoms with Gasteiger partial charge in [0.05, 0.1) is 6.10 Å². The first-order chi connectivity index (χ1) is 14.7. The van der Waals surface area contributed by atoms with E-state index in [1.807, 2.05) is 32.3 Å². The van der Waals surface area contributed by atoms with E-state index in [9.17, 15) is 0 Å². The molecule has 0 spiro atoms. The number of ether oxygens (including phenoxy) is 1. The summed E-state index contributed by atoms with van der Waals surface area (Å²) in [5.74, 6) is 1.62. The molecule has 0 aliphatic carbocycles. The highest BCUT2D eigenvalue weighted by atomic mass is 32.2.